The average Bonchev–Trinajstić information content (AvgIpc) is 2.34. The van der Waals surface area contributed by atoms with Crippen LogP contribution in [0.15, 0.2) is 0 Å². The molecule has 1 atom stereocenters. The summed E-state index contributed by atoms with van der Waals surface area (Å²) in [6.07, 6.45) is 0.881. The Morgan fingerprint density at radius 1 is 1.75 bits per heavy atom. The maximum atomic E-state index is 11.2. The second-order valence-electron chi connectivity index (χ2n) is 2.73. The first-order valence-electron chi connectivity index (χ1n) is 3.83. The van der Waals surface area contributed by atoms with Crippen LogP contribution in [0.4, 0.5) is 0 Å². The van der Waals surface area contributed by atoms with E-state index in [-0.39, 0.29) is 11.9 Å². The summed E-state index contributed by atoms with van der Waals surface area (Å²) in [4.78, 5) is 11.2. The van der Waals surface area contributed by atoms with E-state index in [0.29, 0.717) is 12.4 Å². The third kappa shape index (κ3) is 1.33. The highest BCUT2D eigenvalue weighted by molar-refractivity contribution is 5.90. The number of ether oxygens (including phenoxy) is 1. The molecular weight excluding hydrogens is 160 g/mol. The second kappa shape index (κ2) is 2.98. The lowest BCUT2D eigenvalue weighted by atomic mass is 10.2. The molecule has 12 heavy (non-hydrogen) atoms. The average molecular weight is 170 g/mol. The van der Waals surface area contributed by atoms with Gasteiger partial charge in [0, 0.05) is 6.61 Å². The van der Waals surface area contributed by atoms with E-state index in [1.807, 2.05) is 0 Å². The van der Waals surface area contributed by atoms with Crippen molar-refractivity contribution in [2.45, 2.75) is 12.5 Å². The normalized spacial score (nSPS) is 22.8. The topological polar surface area (TPSA) is 82.8 Å². The van der Waals surface area contributed by atoms with Crippen molar-refractivity contribution in [2.24, 2.45) is 0 Å². The molecule has 0 bridgehead atoms. The first-order chi connectivity index (χ1) is 5.86. The number of carbonyl (C=O) groups is 1. The zero-order chi connectivity index (χ0) is 8.39. The Morgan fingerprint density at radius 2 is 2.58 bits per heavy atom. The summed E-state index contributed by atoms with van der Waals surface area (Å²) >= 11 is 0. The van der Waals surface area contributed by atoms with E-state index in [9.17, 15) is 4.79 Å². The molecule has 1 aromatic rings. The molecule has 1 saturated heterocycles. The molecule has 0 radical (unpaired) electrons. The highest BCUT2D eigenvalue weighted by Crippen LogP contribution is 2.03. The van der Waals surface area contributed by atoms with Crippen LogP contribution in [0.25, 0.3) is 0 Å². The number of nitrogens with zero attached hydrogens (tertiary/aromatic N) is 1. The summed E-state index contributed by atoms with van der Waals surface area (Å²) in [6.45, 7) is 1.33. The zero-order valence-corrected chi connectivity index (χ0v) is 6.46. The molecule has 3 N–H and O–H groups in total. The third-order valence-electron chi connectivity index (χ3n) is 1.82. The Kier molecular flexibility index (Phi) is 1.83. The Hall–Kier alpha value is -1.30. The molecule has 1 amide bonds. The Bertz CT molecular complexity index is 251. The molecule has 6 nitrogen and oxygen atoms in total. The maximum Gasteiger partial charge on any atom is 0.290 e. The fourth-order valence-electron chi connectivity index (χ4n) is 1.12. The predicted octanol–water partition coefficient (Wildman–Crippen LogP) is -0.744. The van der Waals surface area contributed by atoms with Crippen molar-refractivity contribution in [1.29, 1.82) is 0 Å². The standard InChI is InChI=1S/C6H10N4O2/c11-6(5-8-10-9-5)7-4-1-2-12-3-4/h4,10H,1-3H2,(H,7,11)(H,8,9). The highest BCUT2D eigenvalue weighted by Gasteiger charge is 2.20. The number of H-pyrrole nitrogens is 2. The van der Waals surface area contributed by atoms with Gasteiger partial charge in [-0.05, 0) is 6.42 Å². The smallest absolute Gasteiger partial charge is 0.290 e. The lowest BCUT2D eigenvalue weighted by Crippen LogP contribution is -2.37. The first kappa shape index (κ1) is 7.35. The van der Waals surface area contributed by atoms with Crippen LogP contribution in [0.5, 0.6) is 0 Å². The van der Waals surface area contributed by atoms with E-state index in [4.69, 9.17) is 4.74 Å². The van der Waals surface area contributed by atoms with Crippen LogP contribution < -0.4 is 5.32 Å². The van der Waals surface area contributed by atoms with Crippen LogP contribution >= 0.6 is 0 Å². The molecule has 1 aliphatic rings. The third-order valence-corrected chi connectivity index (χ3v) is 1.82. The van der Waals surface area contributed by atoms with E-state index in [1.165, 1.54) is 0 Å². The fraction of sp³-hybridized carbons (Fsp3) is 0.667. The van der Waals surface area contributed by atoms with Crippen LogP contribution in [0, 0.1) is 0 Å². The van der Waals surface area contributed by atoms with Crippen LogP contribution in [0.3, 0.4) is 0 Å². The van der Waals surface area contributed by atoms with Crippen molar-refractivity contribution in [2.75, 3.05) is 13.2 Å². The minimum Gasteiger partial charge on any atom is -0.379 e. The van der Waals surface area contributed by atoms with Crippen LogP contribution in [-0.4, -0.2) is 40.6 Å². The van der Waals surface area contributed by atoms with Crippen LogP contribution in [-0.2, 0) is 4.74 Å². The van der Waals surface area contributed by atoms with Gasteiger partial charge in [-0.15, -0.1) is 5.10 Å². The van der Waals surface area contributed by atoms with Gasteiger partial charge in [-0.25, -0.2) is 5.21 Å². The van der Waals surface area contributed by atoms with E-state index in [1.54, 1.807) is 0 Å². The van der Waals surface area contributed by atoms with Crippen molar-refractivity contribution in [3.05, 3.63) is 5.82 Å². The lowest BCUT2D eigenvalue weighted by Gasteiger charge is -2.10. The van der Waals surface area contributed by atoms with Crippen molar-refractivity contribution >= 4 is 5.91 Å². The largest absolute Gasteiger partial charge is 0.379 e. The monoisotopic (exact) mass is 170 g/mol. The summed E-state index contributed by atoms with van der Waals surface area (Å²) in [5, 5.41) is 11.4. The van der Waals surface area contributed by atoms with Crippen molar-refractivity contribution in [3.8, 4) is 0 Å². The summed E-state index contributed by atoms with van der Waals surface area (Å²) < 4.78 is 5.10. The molecule has 0 aromatic carbocycles. The van der Waals surface area contributed by atoms with Gasteiger partial charge in [0.2, 0.25) is 5.82 Å². The summed E-state index contributed by atoms with van der Waals surface area (Å²) in [6, 6.07) is 0.141. The summed E-state index contributed by atoms with van der Waals surface area (Å²) in [5.41, 5.74) is 0. The number of nitrogens with one attached hydrogen (secondary N) is 3. The summed E-state index contributed by atoms with van der Waals surface area (Å²) in [7, 11) is 0. The number of hydrogen-bond donors (Lipinski definition) is 3. The molecule has 1 fully saturated rings. The zero-order valence-electron chi connectivity index (χ0n) is 6.46. The molecule has 1 aromatic heterocycles. The Morgan fingerprint density at radius 3 is 3.08 bits per heavy atom. The minimum absolute atomic E-state index is 0.141. The van der Waals surface area contributed by atoms with Gasteiger partial charge < -0.3 is 10.1 Å². The minimum atomic E-state index is -0.177. The van der Waals surface area contributed by atoms with Crippen molar-refractivity contribution in [3.63, 3.8) is 0 Å². The van der Waals surface area contributed by atoms with Gasteiger partial charge in [0.05, 0.1) is 12.6 Å². The van der Waals surface area contributed by atoms with Gasteiger partial charge in [0.1, 0.15) is 0 Å². The van der Waals surface area contributed by atoms with Crippen molar-refractivity contribution < 1.29 is 9.53 Å². The molecule has 1 unspecified atom stereocenters. The highest BCUT2D eigenvalue weighted by atomic mass is 16.5. The van der Waals surface area contributed by atoms with Gasteiger partial charge in [0.25, 0.3) is 5.91 Å². The van der Waals surface area contributed by atoms with Gasteiger partial charge >= 0.3 is 0 Å². The lowest BCUT2D eigenvalue weighted by molar-refractivity contribution is 0.0910. The molecule has 1 aliphatic heterocycles. The number of aromatic nitrogens is 3. The number of aromatic amines is 2. The van der Waals surface area contributed by atoms with E-state index in [0.717, 1.165) is 13.0 Å². The molecular formula is C6H10N4O2. The van der Waals surface area contributed by atoms with Crippen LogP contribution in [0.2, 0.25) is 0 Å². The van der Waals surface area contributed by atoms with E-state index in [2.05, 4.69) is 20.7 Å². The van der Waals surface area contributed by atoms with Gasteiger partial charge in [-0.3, -0.25) is 9.89 Å². The number of rotatable bonds is 2. The van der Waals surface area contributed by atoms with Gasteiger partial charge in [0.15, 0.2) is 0 Å². The quantitative estimate of drug-likeness (QED) is 0.546. The fourth-order valence-corrected chi connectivity index (χ4v) is 1.12. The first-order valence-corrected chi connectivity index (χ1v) is 3.83. The Balaban J connectivity index is 1.84. The van der Waals surface area contributed by atoms with Gasteiger partial charge in [-0.2, -0.15) is 0 Å². The molecule has 0 aliphatic carbocycles. The number of amides is 1. The molecule has 2 heterocycles. The SMILES string of the molecule is O=C(NC1CCOC1)c1n[nH][nH]1. The number of carbonyl (C=O) groups excluding carboxylic acids is 1. The van der Waals surface area contributed by atoms with Crippen LogP contribution in [0.1, 0.15) is 17.0 Å². The molecule has 0 saturated carbocycles. The van der Waals surface area contributed by atoms with Gasteiger partial charge in [-0.1, -0.05) is 0 Å². The summed E-state index contributed by atoms with van der Waals surface area (Å²) in [5.74, 6) is 0.158. The van der Waals surface area contributed by atoms with E-state index >= 15 is 0 Å². The Labute approximate surface area is 68.7 Å². The molecule has 2 rings (SSSR count). The molecule has 0 spiro atoms. The van der Waals surface area contributed by atoms with Crippen molar-refractivity contribution in [1.82, 2.24) is 20.7 Å². The predicted molar refractivity (Wildman–Crippen MR) is 39.6 cm³/mol. The second-order valence-corrected chi connectivity index (χ2v) is 2.73. The molecule has 6 heteroatoms. The maximum absolute atomic E-state index is 11.2. The van der Waals surface area contributed by atoms with E-state index < -0.39 is 0 Å². The molecule has 66 valence electrons. The number of hydrogen-bond acceptors (Lipinski definition) is 3.